The zero-order valence-corrected chi connectivity index (χ0v) is 12.9. The Hall–Kier alpha value is -1.19. The van der Waals surface area contributed by atoms with Crippen LogP contribution in [0.2, 0.25) is 0 Å². The minimum Gasteiger partial charge on any atom is -0.260 e. The van der Waals surface area contributed by atoms with Gasteiger partial charge in [-0.3, -0.25) is 4.98 Å². The van der Waals surface area contributed by atoms with Crippen molar-refractivity contribution in [3.8, 4) is 0 Å². The van der Waals surface area contributed by atoms with Gasteiger partial charge in [0.2, 0.25) is 0 Å². The van der Waals surface area contributed by atoms with Crippen LogP contribution in [-0.4, -0.2) is 16.5 Å². The van der Waals surface area contributed by atoms with Gasteiger partial charge in [-0.25, -0.2) is 0 Å². The second-order valence-corrected chi connectivity index (χ2v) is 7.21. The predicted octanol–water partition coefficient (Wildman–Crippen LogP) is 4.93. The van der Waals surface area contributed by atoms with E-state index in [9.17, 15) is 0 Å². The maximum Gasteiger partial charge on any atom is 0.0517 e. The molecule has 1 saturated heterocycles. The summed E-state index contributed by atoms with van der Waals surface area (Å²) in [5, 5.41) is 0. The van der Waals surface area contributed by atoms with Crippen molar-refractivity contribution in [2.45, 2.75) is 12.3 Å². The lowest BCUT2D eigenvalue weighted by Gasteiger charge is -2.18. The molecule has 0 radical (unpaired) electrons. The molecule has 0 spiro atoms. The number of hydrogen-bond acceptors (Lipinski definition) is 3. The minimum absolute atomic E-state index is 0.255. The van der Waals surface area contributed by atoms with Crippen molar-refractivity contribution in [1.29, 1.82) is 0 Å². The van der Waals surface area contributed by atoms with Gasteiger partial charge >= 0.3 is 0 Å². The van der Waals surface area contributed by atoms with E-state index < -0.39 is 0 Å². The van der Waals surface area contributed by atoms with E-state index >= 15 is 0 Å². The molecule has 0 bridgehead atoms. The predicted molar refractivity (Wildman–Crippen MR) is 90.1 cm³/mol. The molecule has 2 aromatic rings. The van der Waals surface area contributed by atoms with Crippen molar-refractivity contribution < 1.29 is 0 Å². The van der Waals surface area contributed by atoms with E-state index in [0.29, 0.717) is 0 Å². The molecule has 1 aromatic heterocycles. The lowest BCUT2D eigenvalue weighted by molar-refractivity contribution is 0.954. The van der Waals surface area contributed by atoms with Crippen LogP contribution in [0, 0.1) is 0 Å². The maximum atomic E-state index is 4.56. The first kappa shape index (κ1) is 13.8. The fraction of sp³-hybridized carbons (Fsp3) is 0.235. The number of hydrogen-bond donors (Lipinski definition) is 0. The van der Waals surface area contributed by atoms with E-state index in [1.165, 1.54) is 27.7 Å². The number of benzene rings is 1. The highest BCUT2D eigenvalue weighted by Crippen LogP contribution is 2.38. The van der Waals surface area contributed by atoms with E-state index in [-0.39, 0.29) is 5.92 Å². The van der Waals surface area contributed by atoms with E-state index in [1.807, 2.05) is 35.8 Å². The van der Waals surface area contributed by atoms with Gasteiger partial charge < -0.3 is 0 Å². The van der Waals surface area contributed by atoms with Crippen molar-refractivity contribution >= 4 is 23.5 Å². The fourth-order valence-electron chi connectivity index (χ4n) is 2.25. The first-order chi connectivity index (χ1) is 9.93. The molecule has 3 rings (SSSR count). The summed E-state index contributed by atoms with van der Waals surface area (Å²) in [6.45, 7) is 0. The van der Waals surface area contributed by atoms with E-state index in [1.54, 1.807) is 0 Å². The molecule has 1 aromatic carbocycles. The van der Waals surface area contributed by atoms with Crippen LogP contribution < -0.4 is 0 Å². The Morgan fingerprint density at radius 1 is 0.950 bits per heavy atom. The van der Waals surface area contributed by atoms with Gasteiger partial charge in [-0.2, -0.15) is 0 Å². The Morgan fingerprint density at radius 3 is 2.40 bits per heavy atom. The number of thioether (sulfide) groups is 2. The summed E-state index contributed by atoms with van der Waals surface area (Å²) < 4.78 is 1.44. The summed E-state index contributed by atoms with van der Waals surface area (Å²) in [6.07, 6.45) is 5.57. The Morgan fingerprint density at radius 2 is 1.70 bits per heavy atom. The van der Waals surface area contributed by atoms with Crippen molar-refractivity contribution in [1.82, 2.24) is 4.98 Å². The normalized spacial score (nSPS) is 16.7. The number of rotatable bonds is 3. The van der Waals surface area contributed by atoms with E-state index in [4.69, 9.17) is 0 Å². The fourth-order valence-corrected chi connectivity index (χ4v) is 4.71. The van der Waals surface area contributed by atoms with Crippen LogP contribution in [0.15, 0.2) is 65.0 Å². The van der Waals surface area contributed by atoms with Crippen LogP contribution in [0.5, 0.6) is 0 Å². The van der Waals surface area contributed by atoms with Crippen molar-refractivity contribution in [3.63, 3.8) is 0 Å². The molecule has 1 aliphatic rings. The zero-order chi connectivity index (χ0) is 13.6. The molecule has 0 N–H and O–H groups in total. The molecule has 1 atom stereocenters. The van der Waals surface area contributed by atoms with E-state index in [0.717, 1.165) is 5.69 Å². The highest BCUT2D eigenvalue weighted by Gasteiger charge is 2.15. The molecule has 102 valence electrons. The Balaban J connectivity index is 1.95. The van der Waals surface area contributed by atoms with Gasteiger partial charge in [-0.05, 0) is 35.6 Å². The second kappa shape index (κ2) is 7.00. The molecule has 0 amide bonds. The van der Waals surface area contributed by atoms with Crippen molar-refractivity contribution in [2.75, 3.05) is 11.5 Å². The maximum absolute atomic E-state index is 4.56. The van der Waals surface area contributed by atoms with Gasteiger partial charge in [0.1, 0.15) is 0 Å². The first-order valence-electron chi connectivity index (χ1n) is 6.87. The zero-order valence-electron chi connectivity index (χ0n) is 11.2. The quantitative estimate of drug-likeness (QED) is 0.798. The van der Waals surface area contributed by atoms with Crippen LogP contribution in [-0.2, 0) is 0 Å². The highest BCUT2D eigenvalue weighted by atomic mass is 32.2. The van der Waals surface area contributed by atoms with Gasteiger partial charge in [0, 0.05) is 16.4 Å². The Bertz CT molecular complexity index is 519. The highest BCUT2D eigenvalue weighted by molar-refractivity contribution is 8.22. The molecule has 1 aliphatic heterocycles. The first-order valence-corrected chi connectivity index (χ1v) is 8.84. The SMILES string of the molecule is C(=C1SCCCS1)C(c1ccccc1)c1ccccn1. The lowest BCUT2D eigenvalue weighted by atomic mass is 9.95. The summed E-state index contributed by atoms with van der Waals surface area (Å²) in [4.78, 5) is 4.56. The lowest BCUT2D eigenvalue weighted by Crippen LogP contribution is -2.02. The second-order valence-electron chi connectivity index (χ2n) is 4.68. The molecule has 1 nitrogen and oxygen atoms in total. The van der Waals surface area contributed by atoms with Crippen LogP contribution in [0.25, 0.3) is 0 Å². The molecule has 3 heteroatoms. The Kier molecular flexibility index (Phi) is 4.82. The molecule has 1 fully saturated rings. The third-order valence-electron chi connectivity index (χ3n) is 3.25. The summed E-state index contributed by atoms with van der Waals surface area (Å²) >= 11 is 3.95. The van der Waals surface area contributed by atoms with Crippen molar-refractivity contribution in [2.24, 2.45) is 0 Å². The summed E-state index contributed by atoms with van der Waals surface area (Å²) in [7, 11) is 0. The molecular formula is C17H17NS2. The third kappa shape index (κ3) is 3.47. The van der Waals surface area contributed by atoms with Crippen LogP contribution in [0.3, 0.4) is 0 Å². The van der Waals surface area contributed by atoms with Crippen molar-refractivity contribution in [3.05, 3.63) is 76.3 Å². The molecule has 0 aliphatic carbocycles. The molecule has 20 heavy (non-hydrogen) atoms. The summed E-state index contributed by atoms with van der Waals surface area (Å²) in [6, 6.07) is 16.8. The largest absolute Gasteiger partial charge is 0.260 e. The van der Waals surface area contributed by atoms with Gasteiger partial charge in [-0.15, -0.1) is 23.5 Å². The van der Waals surface area contributed by atoms with E-state index in [2.05, 4.69) is 53.5 Å². The molecule has 2 heterocycles. The number of aromatic nitrogens is 1. The average Bonchev–Trinajstić information content (AvgIpc) is 2.55. The number of allylic oxidation sites excluding steroid dienone is 1. The number of pyridine rings is 1. The molecular weight excluding hydrogens is 282 g/mol. The smallest absolute Gasteiger partial charge is 0.0517 e. The minimum atomic E-state index is 0.255. The Labute approximate surface area is 128 Å². The van der Waals surface area contributed by atoms with Crippen LogP contribution in [0.4, 0.5) is 0 Å². The third-order valence-corrected chi connectivity index (χ3v) is 5.78. The van der Waals surface area contributed by atoms with Crippen LogP contribution >= 0.6 is 23.5 Å². The number of nitrogens with zero attached hydrogens (tertiary/aromatic N) is 1. The van der Waals surface area contributed by atoms with Gasteiger partial charge in [-0.1, -0.05) is 42.5 Å². The molecule has 0 saturated carbocycles. The van der Waals surface area contributed by atoms with Gasteiger partial charge in [0.25, 0.3) is 0 Å². The average molecular weight is 299 g/mol. The molecule has 1 unspecified atom stereocenters. The van der Waals surface area contributed by atoms with Gasteiger partial charge in [0.15, 0.2) is 0 Å². The monoisotopic (exact) mass is 299 g/mol. The summed E-state index contributed by atoms with van der Waals surface area (Å²) in [5.41, 5.74) is 2.43. The van der Waals surface area contributed by atoms with Crippen LogP contribution in [0.1, 0.15) is 23.6 Å². The van der Waals surface area contributed by atoms with Gasteiger partial charge in [0.05, 0.1) is 5.69 Å². The standard InChI is InChI=1S/C17H17NS2/c1-2-7-14(8-3-1)15(16-9-4-5-10-18-16)13-17-19-11-6-12-20-17/h1-5,7-10,13,15H,6,11-12H2. The topological polar surface area (TPSA) is 12.9 Å². The summed E-state index contributed by atoms with van der Waals surface area (Å²) in [5.74, 6) is 2.73.